The van der Waals surface area contributed by atoms with E-state index in [2.05, 4.69) is 33.9 Å². The van der Waals surface area contributed by atoms with Gasteiger partial charge in [0.05, 0.1) is 17.1 Å². The second kappa shape index (κ2) is 7.15. The first-order valence-corrected chi connectivity index (χ1v) is 10.1. The molecule has 1 aliphatic rings. The summed E-state index contributed by atoms with van der Waals surface area (Å²) in [6, 6.07) is 18.5. The first-order chi connectivity index (χ1) is 13.8. The minimum absolute atomic E-state index is 0.0510. The van der Waals surface area contributed by atoms with Crippen LogP contribution in [0, 0.1) is 0 Å². The number of aromatic amines is 1. The zero-order chi connectivity index (χ0) is 18.9. The largest absolute Gasteiger partial charge is 0.347 e. The first-order valence-electron chi connectivity index (χ1n) is 10.1. The zero-order valence-electron chi connectivity index (χ0n) is 15.8. The molecule has 0 saturated carbocycles. The molecule has 1 amide bonds. The van der Waals surface area contributed by atoms with Gasteiger partial charge in [-0.15, -0.1) is 0 Å². The third-order valence-corrected chi connectivity index (χ3v) is 5.79. The van der Waals surface area contributed by atoms with Gasteiger partial charge in [-0.1, -0.05) is 30.3 Å². The Morgan fingerprint density at radius 1 is 1.07 bits per heavy atom. The van der Waals surface area contributed by atoms with Crippen molar-refractivity contribution in [2.75, 3.05) is 6.54 Å². The number of piperidine rings is 1. The number of aromatic nitrogens is 3. The Bertz CT molecular complexity index is 1090. The van der Waals surface area contributed by atoms with Gasteiger partial charge in [0.15, 0.2) is 0 Å². The summed E-state index contributed by atoms with van der Waals surface area (Å²) in [6.07, 6.45) is 5.75. The number of amides is 1. The molecule has 28 heavy (non-hydrogen) atoms. The van der Waals surface area contributed by atoms with Crippen molar-refractivity contribution in [1.29, 1.82) is 0 Å². The molecule has 5 rings (SSSR count). The third-order valence-electron chi connectivity index (χ3n) is 5.79. The maximum atomic E-state index is 13.1. The Labute approximate surface area is 164 Å². The van der Waals surface area contributed by atoms with Crippen molar-refractivity contribution in [3.8, 4) is 0 Å². The summed E-state index contributed by atoms with van der Waals surface area (Å²) in [4.78, 5) is 23.3. The van der Waals surface area contributed by atoms with Crippen molar-refractivity contribution >= 4 is 27.8 Å². The lowest BCUT2D eigenvalue weighted by Crippen LogP contribution is -2.39. The van der Waals surface area contributed by atoms with Crippen LogP contribution in [-0.2, 0) is 11.3 Å². The molecule has 1 N–H and O–H groups in total. The normalized spacial score (nSPS) is 17.4. The number of hydrogen-bond acceptors (Lipinski definition) is 2. The molecule has 0 aliphatic carbocycles. The van der Waals surface area contributed by atoms with Gasteiger partial charge >= 0.3 is 0 Å². The Balaban J connectivity index is 1.34. The van der Waals surface area contributed by atoms with Crippen LogP contribution in [0.15, 0.2) is 60.8 Å². The fraction of sp³-hybridized carbons (Fsp3) is 0.304. The maximum Gasteiger partial charge on any atom is 0.224 e. The van der Waals surface area contributed by atoms with Gasteiger partial charge in [-0.3, -0.25) is 4.79 Å². The van der Waals surface area contributed by atoms with Gasteiger partial charge < -0.3 is 14.5 Å². The molecule has 1 fully saturated rings. The van der Waals surface area contributed by atoms with Gasteiger partial charge in [0.2, 0.25) is 5.91 Å². The summed E-state index contributed by atoms with van der Waals surface area (Å²) in [6.45, 7) is 1.52. The van der Waals surface area contributed by atoms with Crippen LogP contribution in [0.5, 0.6) is 0 Å². The lowest BCUT2D eigenvalue weighted by atomic mass is 10.0. The van der Waals surface area contributed by atoms with E-state index in [1.54, 1.807) is 0 Å². The molecule has 1 unspecified atom stereocenters. The van der Waals surface area contributed by atoms with Gasteiger partial charge in [-0.05, 0) is 48.9 Å². The highest BCUT2D eigenvalue weighted by molar-refractivity contribution is 5.81. The monoisotopic (exact) mass is 372 g/mol. The Hall–Kier alpha value is -3.08. The Kier molecular flexibility index (Phi) is 4.35. The van der Waals surface area contributed by atoms with Gasteiger partial charge in [-0.25, -0.2) is 4.98 Å². The molecule has 0 radical (unpaired) electrons. The summed E-state index contributed by atoms with van der Waals surface area (Å²) >= 11 is 0. The van der Waals surface area contributed by atoms with E-state index in [0.29, 0.717) is 13.0 Å². The molecule has 2 aromatic heterocycles. The van der Waals surface area contributed by atoms with Crippen LogP contribution in [0.4, 0.5) is 0 Å². The van der Waals surface area contributed by atoms with Crippen LogP contribution in [-0.4, -0.2) is 31.9 Å². The molecule has 5 nitrogen and oxygen atoms in total. The van der Waals surface area contributed by atoms with E-state index in [4.69, 9.17) is 4.98 Å². The molecule has 142 valence electrons. The van der Waals surface area contributed by atoms with Gasteiger partial charge in [-0.2, -0.15) is 0 Å². The van der Waals surface area contributed by atoms with Gasteiger partial charge in [0.1, 0.15) is 5.82 Å². The van der Waals surface area contributed by atoms with Crippen LogP contribution >= 0.6 is 0 Å². The second-order valence-electron chi connectivity index (χ2n) is 7.56. The highest BCUT2D eigenvalue weighted by Crippen LogP contribution is 2.31. The molecule has 5 heteroatoms. The summed E-state index contributed by atoms with van der Waals surface area (Å²) in [7, 11) is 0. The van der Waals surface area contributed by atoms with Crippen LogP contribution in [0.3, 0.4) is 0 Å². The van der Waals surface area contributed by atoms with Crippen molar-refractivity contribution in [3.63, 3.8) is 0 Å². The fourth-order valence-electron chi connectivity index (χ4n) is 4.34. The van der Waals surface area contributed by atoms with Crippen molar-refractivity contribution in [1.82, 2.24) is 19.4 Å². The minimum Gasteiger partial charge on any atom is -0.347 e. The lowest BCUT2D eigenvalue weighted by Gasteiger charge is -2.34. The number of aryl methyl sites for hydroxylation is 1. The van der Waals surface area contributed by atoms with E-state index in [0.717, 1.165) is 42.7 Å². The summed E-state index contributed by atoms with van der Waals surface area (Å²) in [5.74, 6) is 1.13. The SMILES string of the molecule is O=C(CCn1ccc2ccccc21)N1CCCCC1c1nc2ccccc2[nH]1. The number of nitrogens with zero attached hydrogens (tertiary/aromatic N) is 3. The molecule has 0 bridgehead atoms. The van der Waals surface area contributed by atoms with Crippen molar-refractivity contribution in [2.45, 2.75) is 38.3 Å². The van der Waals surface area contributed by atoms with Crippen LogP contribution in [0.2, 0.25) is 0 Å². The zero-order valence-corrected chi connectivity index (χ0v) is 15.8. The van der Waals surface area contributed by atoms with Crippen LogP contribution in [0.25, 0.3) is 21.9 Å². The number of likely N-dealkylation sites (tertiary alicyclic amines) is 1. The fourth-order valence-corrected chi connectivity index (χ4v) is 4.34. The van der Waals surface area contributed by atoms with Gasteiger partial charge in [0.25, 0.3) is 0 Å². The number of carbonyl (C=O) groups excluding carboxylic acids is 1. The Morgan fingerprint density at radius 2 is 1.93 bits per heavy atom. The smallest absolute Gasteiger partial charge is 0.224 e. The quantitative estimate of drug-likeness (QED) is 0.566. The molecule has 0 spiro atoms. The number of rotatable bonds is 4. The summed E-state index contributed by atoms with van der Waals surface area (Å²) in [5.41, 5.74) is 3.19. The molecule has 3 heterocycles. The summed E-state index contributed by atoms with van der Waals surface area (Å²) < 4.78 is 2.17. The lowest BCUT2D eigenvalue weighted by molar-refractivity contribution is -0.135. The third kappa shape index (κ3) is 3.07. The molecule has 2 aromatic carbocycles. The number of H-pyrrole nitrogens is 1. The van der Waals surface area contributed by atoms with Crippen LogP contribution in [0.1, 0.15) is 37.5 Å². The Morgan fingerprint density at radius 3 is 2.86 bits per heavy atom. The van der Waals surface area contributed by atoms with Crippen LogP contribution < -0.4 is 0 Å². The van der Waals surface area contributed by atoms with Crippen molar-refractivity contribution in [2.24, 2.45) is 0 Å². The number of para-hydroxylation sites is 3. The van der Waals surface area contributed by atoms with E-state index in [1.165, 1.54) is 10.9 Å². The highest BCUT2D eigenvalue weighted by atomic mass is 16.2. The average Bonchev–Trinajstić information content (AvgIpc) is 3.36. The van der Waals surface area contributed by atoms with E-state index in [9.17, 15) is 4.79 Å². The molecular weight excluding hydrogens is 348 g/mol. The van der Waals surface area contributed by atoms with E-state index >= 15 is 0 Å². The molecule has 1 atom stereocenters. The number of nitrogens with one attached hydrogen (secondary N) is 1. The number of fused-ring (bicyclic) bond motifs is 2. The minimum atomic E-state index is 0.0510. The molecule has 1 aliphatic heterocycles. The topological polar surface area (TPSA) is 53.9 Å². The van der Waals surface area contributed by atoms with E-state index in [1.807, 2.05) is 41.3 Å². The molecular formula is C23H24N4O. The number of carbonyl (C=O) groups is 1. The van der Waals surface area contributed by atoms with E-state index in [-0.39, 0.29) is 11.9 Å². The van der Waals surface area contributed by atoms with Crippen molar-refractivity contribution < 1.29 is 4.79 Å². The first kappa shape index (κ1) is 17.0. The second-order valence-corrected chi connectivity index (χ2v) is 7.56. The molecule has 1 saturated heterocycles. The summed E-state index contributed by atoms with van der Waals surface area (Å²) in [5, 5.41) is 1.22. The number of imidazole rings is 1. The average molecular weight is 372 g/mol. The van der Waals surface area contributed by atoms with Crippen molar-refractivity contribution in [3.05, 3.63) is 66.6 Å². The maximum absolute atomic E-state index is 13.1. The standard InChI is InChI=1S/C23H24N4O/c28-22(13-16-26-15-12-17-7-1-4-10-20(17)26)27-14-6-5-11-21(27)23-24-18-8-2-3-9-19(18)25-23/h1-4,7-10,12,15,21H,5-6,11,13-14,16H2,(H,24,25). The predicted molar refractivity (Wildman–Crippen MR) is 111 cm³/mol. The molecule has 4 aromatic rings. The number of benzene rings is 2. The van der Waals surface area contributed by atoms with Gasteiger partial charge in [0, 0.05) is 31.2 Å². The van der Waals surface area contributed by atoms with E-state index < -0.39 is 0 Å². The predicted octanol–water partition coefficient (Wildman–Crippen LogP) is 4.66. The number of hydrogen-bond donors (Lipinski definition) is 1. The highest BCUT2D eigenvalue weighted by Gasteiger charge is 2.29.